The highest BCUT2D eigenvalue weighted by molar-refractivity contribution is 6.03. The van der Waals surface area contributed by atoms with Crippen LogP contribution in [0.1, 0.15) is 16.2 Å². The van der Waals surface area contributed by atoms with Gasteiger partial charge in [0.15, 0.2) is 17.4 Å². The molecule has 0 fully saturated rings. The molecular formula is C12H9F4N3O2. The fourth-order valence-corrected chi connectivity index (χ4v) is 1.63. The lowest BCUT2D eigenvalue weighted by atomic mass is 10.2. The number of carbonyl (C=O) groups excluding carboxylic acids is 1. The van der Waals surface area contributed by atoms with Crippen LogP contribution in [-0.2, 0) is 13.2 Å². The number of nitrogens with zero attached hydrogens (tertiary/aromatic N) is 2. The second-order valence-corrected chi connectivity index (χ2v) is 4.18. The van der Waals surface area contributed by atoms with Gasteiger partial charge in [0.1, 0.15) is 0 Å². The molecule has 5 nitrogen and oxygen atoms in total. The monoisotopic (exact) mass is 303 g/mol. The first-order valence-electron chi connectivity index (χ1n) is 5.59. The van der Waals surface area contributed by atoms with Crippen LogP contribution in [0.2, 0.25) is 0 Å². The number of anilines is 1. The fraction of sp³-hybridized carbons (Fsp3) is 0.167. The van der Waals surface area contributed by atoms with E-state index in [9.17, 15) is 22.4 Å². The molecule has 0 atom stereocenters. The normalized spacial score (nSPS) is 11.5. The number of amides is 1. The average molecular weight is 303 g/mol. The van der Waals surface area contributed by atoms with E-state index in [1.165, 1.54) is 0 Å². The van der Waals surface area contributed by atoms with Gasteiger partial charge >= 0.3 is 6.18 Å². The number of phenolic OH excluding ortho intramolecular Hbond substituents is 1. The lowest BCUT2D eigenvalue weighted by molar-refractivity contribution is -0.146. The van der Waals surface area contributed by atoms with Gasteiger partial charge in [-0.2, -0.15) is 13.2 Å². The number of nitrogens with one attached hydrogen (secondary N) is 1. The number of aryl methyl sites for hydroxylation is 1. The molecule has 0 saturated carbocycles. The van der Waals surface area contributed by atoms with Gasteiger partial charge in [0.05, 0.1) is 0 Å². The van der Waals surface area contributed by atoms with Crippen molar-refractivity contribution >= 4 is 11.7 Å². The standard InChI is InChI=1S/C12H9F4N3O2/c1-19-5-9(18-11(19)12(14,15)16)17-10(21)6-2-3-8(20)7(13)4-6/h2-5,20H,1H3,(H,17,21). The lowest BCUT2D eigenvalue weighted by Gasteiger charge is -2.04. The highest BCUT2D eigenvalue weighted by Gasteiger charge is 2.36. The predicted octanol–water partition coefficient (Wildman–Crippen LogP) is 2.54. The van der Waals surface area contributed by atoms with Crippen LogP contribution in [-0.4, -0.2) is 20.6 Å². The zero-order chi connectivity index (χ0) is 15.8. The van der Waals surface area contributed by atoms with Gasteiger partial charge in [-0.05, 0) is 18.2 Å². The van der Waals surface area contributed by atoms with Crippen molar-refractivity contribution in [2.75, 3.05) is 5.32 Å². The minimum atomic E-state index is -4.65. The van der Waals surface area contributed by atoms with E-state index in [-0.39, 0.29) is 11.4 Å². The van der Waals surface area contributed by atoms with Crippen molar-refractivity contribution < 1.29 is 27.5 Å². The highest BCUT2D eigenvalue weighted by atomic mass is 19.4. The SMILES string of the molecule is Cn1cc(NC(=O)c2ccc(O)c(F)c2)nc1C(F)(F)F. The average Bonchev–Trinajstić information content (AvgIpc) is 2.73. The minimum Gasteiger partial charge on any atom is -0.505 e. The van der Waals surface area contributed by atoms with E-state index in [2.05, 4.69) is 10.3 Å². The van der Waals surface area contributed by atoms with E-state index in [1.54, 1.807) is 0 Å². The Kier molecular flexibility index (Phi) is 3.58. The Balaban J connectivity index is 2.22. The summed E-state index contributed by atoms with van der Waals surface area (Å²) in [4.78, 5) is 15.0. The Bertz CT molecular complexity index is 694. The van der Waals surface area contributed by atoms with Gasteiger partial charge in [-0.1, -0.05) is 0 Å². The van der Waals surface area contributed by atoms with E-state index < -0.39 is 29.5 Å². The minimum absolute atomic E-state index is 0.162. The van der Waals surface area contributed by atoms with Gasteiger partial charge in [-0.3, -0.25) is 4.79 Å². The molecule has 0 aliphatic carbocycles. The van der Waals surface area contributed by atoms with Gasteiger partial charge in [-0.15, -0.1) is 0 Å². The van der Waals surface area contributed by atoms with Crippen LogP contribution >= 0.6 is 0 Å². The van der Waals surface area contributed by atoms with Crippen LogP contribution in [0.3, 0.4) is 0 Å². The van der Waals surface area contributed by atoms with Crippen LogP contribution < -0.4 is 5.32 Å². The van der Waals surface area contributed by atoms with E-state index in [0.29, 0.717) is 4.57 Å². The Hall–Kier alpha value is -2.58. The van der Waals surface area contributed by atoms with Gasteiger partial charge in [0, 0.05) is 18.8 Å². The number of phenols is 1. The third-order valence-electron chi connectivity index (χ3n) is 2.58. The zero-order valence-electron chi connectivity index (χ0n) is 10.6. The summed E-state index contributed by atoms with van der Waals surface area (Å²) in [7, 11) is 1.13. The van der Waals surface area contributed by atoms with Crippen LogP contribution in [0.15, 0.2) is 24.4 Å². The van der Waals surface area contributed by atoms with E-state index >= 15 is 0 Å². The van der Waals surface area contributed by atoms with E-state index in [1.807, 2.05) is 0 Å². The zero-order valence-corrected chi connectivity index (χ0v) is 10.6. The summed E-state index contributed by atoms with van der Waals surface area (Å²) in [6, 6.07) is 2.85. The van der Waals surface area contributed by atoms with Crippen molar-refractivity contribution in [1.82, 2.24) is 9.55 Å². The first-order chi connectivity index (χ1) is 9.68. The molecule has 0 radical (unpaired) electrons. The third-order valence-corrected chi connectivity index (χ3v) is 2.58. The van der Waals surface area contributed by atoms with Gasteiger partial charge in [0.25, 0.3) is 5.91 Å². The maximum absolute atomic E-state index is 13.1. The maximum Gasteiger partial charge on any atom is 0.449 e. The van der Waals surface area contributed by atoms with Crippen LogP contribution in [0, 0.1) is 5.82 Å². The number of rotatable bonds is 2. The Morgan fingerprint density at radius 3 is 2.57 bits per heavy atom. The largest absolute Gasteiger partial charge is 0.505 e. The highest BCUT2D eigenvalue weighted by Crippen LogP contribution is 2.29. The quantitative estimate of drug-likeness (QED) is 0.838. The topological polar surface area (TPSA) is 67.2 Å². The first kappa shape index (κ1) is 14.8. The number of benzene rings is 1. The number of imidazole rings is 1. The Morgan fingerprint density at radius 1 is 1.38 bits per heavy atom. The molecule has 0 bridgehead atoms. The van der Waals surface area contributed by atoms with Crippen molar-refractivity contribution in [1.29, 1.82) is 0 Å². The number of aromatic nitrogens is 2. The van der Waals surface area contributed by atoms with Crippen molar-refractivity contribution in [3.63, 3.8) is 0 Å². The summed E-state index contributed by atoms with van der Waals surface area (Å²) in [5.74, 6) is -3.98. The number of carbonyl (C=O) groups is 1. The van der Waals surface area contributed by atoms with E-state index in [4.69, 9.17) is 5.11 Å². The molecule has 1 aromatic heterocycles. The number of hydrogen-bond donors (Lipinski definition) is 2. The molecule has 0 saturated heterocycles. The maximum atomic E-state index is 13.1. The molecule has 2 aromatic rings. The molecule has 0 aliphatic rings. The molecule has 1 aromatic carbocycles. The molecule has 21 heavy (non-hydrogen) atoms. The number of hydrogen-bond acceptors (Lipinski definition) is 3. The lowest BCUT2D eigenvalue weighted by Crippen LogP contribution is -2.14. The van der Waals surface area contributed by atoms with Crippen molar-refractivity contribution in [2.24, 2.45) is 7.05 Å². The molecule has 2 rings (SSSR count). The molecule has 9 heteroatoms. The molecule has 1 amide bonds. The van der Waals surface area contributed by atoms with Crippen LogP contribution in [0.5, 0.6) is 5.75 Å². The van der Waals surface area contributed by atoms with Crippen molar-refractivity contribution in [3.8, 4) is 5.75 Å². The predicted molar refractivity (Wildman–Crippen MR) is 64.2 cm³/mol. The molecule has 0 spiro atoms. The summed E-state index contributed by atoms with van der Waals surface area (Å²) < 4.78 is 51.5. The molecular weight excluding hydrogens is 294 g/mol. The van der Waals surface area contributed by atoms with E-state index in [0.717, 1.165) is 31.4 Å². The number of aromatic hydroxyl groups is 1. The molecule has 0 unspecified atom stereocenters. The Morgan fingerprint density at radius 2 is 2.05 bits per heavy atom. The molecule has 1 heterocycles. The summed E-state index contributed by atoms with van der Waals surface area (Å²) in [5.41, 5.74) is -0.162. The smallest absolute Gasteiger partial charge is 0.449 e. The number of alkyl halides is 3. The van der Waals surface area contributed by atoms with Crippen LogP contribution in [0.25, 0.3) is 0 Å². The molecule has 112 valence electrons. The second kappa shape index (κ2) is 5.08. The second-order valence-electron chi connectivity index (χ2n) is 4.18. The first-order valence-corrected chi connectivity index (χ1v) is 5.59. The fourth-order valence-electron chi connectivity index (χ4n) is 1.63. The molecule has 2 N–H and O–H groups in total. The van der Waals surface area contributed by atoms with Crippen molar-refractivity contribution in [3.05, 3.63) is 41.6 Å². The van der Waals surface area contributed by atoms with Crippen LogP contribution in [0.4, 0.5) is 23.4 Å². The Labute approximate surface area is 115 Å². The summed E-state index contributed by atoms with van der Waals surface area (Å²) in [6.07, 6.45) is -3.67. The summed E-state index contributed by atoms with van der Waals surface area (Å²) in [6.45, 7) is 0. The van der Waals surface area contributed by atoms with Gasteiger partial charge in [0.2, 0.25) is 5.82 Å². The molecule has 0 aliphatic heterocycles. The van der Waals surface area contributed by atoms with Crippen molar-refractivity contribution in [2.45, 2.75) is 6.18 Å². The summed E-state index contributed by atoms with van der Waals surface area (Å²) >= 11 is 0. The van der Waals surface area contributed by atoms with Gasteiger partial charge in [-0.25, -0.2) is 9.37 Å². The van der Waals surface area contributed by atoms with Gasteiger partial charge < -0.3 is 15.0 Å². The summed E-state index contributed by atoms with van der Waals surface area (Å²) in [5, 5.41) is 11.1. The number of halogens is 4. The third kappa shape index (κ3) is 3.12.